The van der Waals surface area contributed by atoms with Gasteiger partial charge in [-0.1, -0.05) is 13.8 Å². The largest absolute Gasteiger partial charge is 0.481 e. The van der Waals surface area contributed by atoms with Crippen LogP contribution in [0.5, 0.6) is 0 Å². The number of likely N-dealkylation sites (tertiary alicyclic amines) is 1. The third-order valence-corrected chi connectivity index (χ3v) is 3.22. The van der Waals surface area contributed by atoms with Crippen LogP contribution < -0.4 is 5.32 Å². The zero-order chi connectivity index (χ0) is 11.4. The maximum atomic E-state index is 10.7. The Hall–Kier alpha value is -0.610. The number of rotatable bonds is 4. The molecule has 3 atom stereocenters. The Kier molecular flexibility index (Phi) is 4.54. The van der Waals surface area contributed by atoms with Crippen molar-refractivity contribution < 1.29 is 9.90 Å². The van der Waals surface area contributed by atoms with E-state index in [1.165, 1.54) is 0 Å². The van der Waals surface area contributed by atoms with E-state index in [1.807, 2.05) is 0 Å². The number of carboxylic acid groups (broad SMARTS) is 1. The molecule has 0 spiro atoms. The lowest BCUT2D eigenvalue weighted by molar-refractivity contribution is -0.141. The molecule has 1 aliphatic rings. The quantitative estimate of drug-likeness (QED) is 0.721. The van der Waals surface area contributed by atoms with E-state index in [-0.39, 0.29) is 5.92 Å². The molecule has 0 aromatic rings. The molecule has 1 rings (SSSR count). The lowest BCUT2D eigenvalue weighted by Gasteiger charge is -2.35. The van der Waals surface area contributed by atoms with E-state index in [0.717, 1.165) is 19.5 Å². The lowest BCUT2D eigenvalue weighted by atomic mass is 9.94. The minimum absolute atomic E-state index is 0.295. The summed E-state index contributed by atoms with van der Waals surface area (Å²) in [6.07, 6.45) is 1.12. The van der Waals surface area contributed by atoms with Gasteiger partial charge in [-0.15, -0.1) is 0 Å². The van der Waals surface area contributed by atoms with E-state index >= 15 is 0 Å². The summed E-state index contributed by atoms with van der Waals surface area (Å²) in [5.74, 6) is -0.412. The Morgan fingerprint density at radius 3 is 2.87 bits per heavy atom. The van der Waals surface area contributed by atoms with Crippen LogP contribution in [-0.2, 0) is 4.79 Å². The van der Waals surface area contributed by atoms with Gasteiger partial charge in [-0.2, -0.15) is 0 Å². The third-order valence-electron chi connectivity index (χ3n) is 3.22. The molecule has 0 amide bonds. The van der Waals surface area contributed by atoms with Gasteiger partial charge in [-0.3, -0.25) is 4.79 Å². The van der Waals surface area contributed by atoms with Crippen molar-refractivity contribution in [3.05, 3.63) is 0 Å². The van der Waals surface area contributed by atoms with Crippen LogP contribution in [-0.4, -0.2) is 48.7 Å². The van der Waals surface area contributed by atoms with E-state index in [2.05, 4.69) is 24.2 Å². The molecule has 4 nitrogen and oxygen atoms in total. The van der Waals surface area contributed by atoms with Crippen molar-refractivity contribution in [3.63, 3.8) is 0 Å². The van der Waals surface area contributed by atoms with Gasteiger partial charge in [0.15, 0.2) is 0 Å². The van der Waals surface area contributed by atoms with E-state index in [4.69, 9.17) is 5.11 Å². The van der Waals surface area contributed by atoms with Crippen LogP contribution >= 0.6 is 0 Å². The van der Waals surface area contributed by atoms with Crippen LogP contribution in [0, 0.1) is 11.8 Å². The number of nitrogens with one attached hydrogen (secondary N) is 1. The molecule has 4 heteroatoms. The standard InChI is InChI=1S/C11H22N2O2/c1-8(11(14)15)6-12-10-4-5-13(3)7-9(10)2/h8-10,12H,4-7H2,1-3H3,(H,14,15). The normalized spacial score (nSPS) is 30.1. The first kappa shape index (κ1) is 12.5. The number of hydrogen-bond acceptors (Lipinski definition) is 3. The summed E-state index contributed by atoms with van der Waals surface area (Å²) in [5, 5.41) is 12.1. The SMILES string of the molecule is CC(CNC1CCN(C)CC1C)C(=O)O. The minimum atomic E-state index is -0.719. The minimum Gasteiger partial charge on any atom is -0.481 e. The Labute approximate surface area is 91.6 Å². The first-order chi connectivity index (χ1) is 7.00. The molecule has 0 aromatic carbocycles. The third kappa shape index (κ3) is 3.80. The molecule has 1 aliphatic heterocycles. The Bertz CT molecular complexity index is 221. The molecule has 2 N–H and O–H groups in total. The van der Waals surface area contributed by atoms with E-state index < -0.39 is 5.97 Å². The Morgan fingerprint density at radius 2 is 2.33 bits per heavy atom. The number of piperidine rings is 1. The molecular weight excluding hydrogens is 192 g/mol. The molecule has 1 heterocycles. The highest BCUT2D eigenvalue weighted by atomic mass is 16.4. The second-order valence-electron chi connectivity index (χ2n) is 4.78. The van der Waals surface area contributed by atoms with Crippen molar-refractivity contribution in [1.82, 2.24) is 10.2 Å². The maximum Gasteiger partial charge on any atom is 0.307 e. The van der Waals surface area contributed by atoms with Crippen LogP contribution in [0.1, 0.15) is 20.3 Å². The van der Waals surface area contributed by atoms with Gasteiger partial charge in [0.05, 0.1) is 5.92 Å². The molecule has 88 valence electrons. The lowest BCUT2D eigenvalue weighted by Crippen LogP contribution is -2.48. The number of aliphatic carboxylic acids is 1. The Morgan fingerprint density at radius 1 is 1.67 bits per heavy atom. The van der Waals surface area contributed by atoms with Crippen molar-refractivity contribution in [2.75, 3.05) is 26.7 Å². The van der Waals surface area contributed by atoms with Gasteiger partial charge in [0.2, 0.25) is 0 Å². The summed E-state index contributed by atoms with van der Waals surface area (Å²) >= 11 is 0. The van der Waals surface area contributed by atoms with Crippen molar-refractivity contribution in [1.29, 1.82) is 0 Å². The van der Waals surface area contributed by atoms with Gasteiger partial charge in [0, 0.05) is 19.1 Å². The fourth-order valence-corrected chi connectivity index (χ4v) is 2.07. The van der Waals surface area contributed by atoms with Gasteiger partial charge in [0.1, 0.15) is 0 Å². The molecule has 3 unspecified atom stereocenters. The van der Waals surface area contributed by atoms with Gasteiger partial charge in [-0.05, 0) is 25.9 Å². The average molecular weight is 214 g/mol. The zero-order valence-electron chi connectivity index (χ0n) is 9.86. The number of nitrogens with zero attached hydrogens (tertiary/aromatic N) is 1. The molecule has 0 radical (unpaired) electrons. The number of hydrogen-bond donors (Lipinski definition) is 2. The van der Waals surface area contributed by atoms with Crippen LogP contribution in [0.15, 0.2) is 0 Å². The van der Waals surface area contributed by atoms with Gasteiger partial charge >= 0.3 is 5.97 Å². The van der Waals surface area contributed by atoms with Crippen molar-refractivity contribution in [3.8, 4) is 0 Å². The summed E-state index contributed by atoms with van der Waals surface area (Å²) < 4.78 is 0. The summed E-state index contributed by atoms with van der Waals surface area (Å²) in [5.41, 5.74) is 0. The monoisotopic (exact) mass is 214 g/mol. The molecule has 0 aromatic heterocycles. The van der Waals surface area contributed by atoms with Crippen molar-refractivity contribution in [2.45, 2.75) is 26.3 Å². The molecule has 1 fully saturated rings. The second kappa shape index (κ2) is 5.47. The van der Waals surface area contributed by atoms with Crippen molar-refractivity contribution >= 4 is 5.97 Å². The summed E-state index contributed by atoms with van der Waals surface area (Å²) in [7, 11) is 2.13. The van der Waals surface area contributed by atoms with Crippen LogP contribution in [0.4, 0.5) is 0 Å². The Balaban J connectivity index is 2.29. The second-order valence-corrected chi connectivity index (χ2v) is 4.78. The summed E-state index contributed by atoms with van der Waals surface area (Å²) in [4.78, 5) is 13.0. The predicted octanol–water partition coefficient (Wildman–Crippen LogP) is 0.637. The van der Waals surface area contributed by atoms with Gasteiger partial charge < -0.3 is 15.3 Å². The maximum absolute atomic E-state index is 10.7. The highest BCUT2D eigenvalue weighted by Gasteiger charge is 2.24. The molecule has 15 heavy (non-hydrogen) atoms. The predicted molar refractivity (Wildman–Crippen MR) is 59.9 cm³/mol. The fraction of sp³-hybridized carbons (Fsp3) is 0.909. The number of carbonyl (C=O) groups is 1. The summed E-state index contributed by atoms with van der Waals surface area (Å²) in [6, 6.07) is 0.475. The fourth-order valence-electron chi connectivity index (χ4n) is 2.07. The van der Waals surface area contributed by atoms with E-state index in [9.17, 15) is 4.79 Å². The van der Waals surface area contributed by atoms with Crippen LogP contribution in [0.2, 0.25) is 0 Å². The molecule has 0 bridgehead atoms. The highest BCUT2D eigenvalue weighted by Crippen LogP contribution is 2.15. The highest BCUT2D eigenvalue weighted by molar-refractivity contribution is 5.69. The average Bonchev–Trinajstić information content (AvgIpc) is 2.15. The van der Waals surface area contributed by atoms with Gasteiger partial charge in [-0.25, -0.2) is 0 Å². The number of carboxylic acids is 1. The zero-order valence-corrected chi connectivity index (χ0v) is 9.86. The smallest absolute Gasteiger partial charge is 0.307 e. The topological polar surface area (TPSA) is 52.6 Å². The van der Waals surface area contributed by atoms with Gasteiger partial charge in [0.25, 0.3) is 0 Å². The van der Waals surface area contributed by atoms with E-state index in [0.29, 0.717) is 18.5 Å². The van der Waals surface area contributed by atoms with Crippen LogP contribution in [0.3, 0.4) is 0 Å². The van der Waals surface area contributed by atoms with Crippen LogP contribution in [0.25, 0.3) is 0 Å². The van der Waals surface area contributed by atoms with Crippen molar-refractivity contribution in [2.24, 2.45) is 11.8 Å². The van der Waals surface area contributed by atoms with E-state index in [1.54, 1.807) is 6.92 Å². The molecule has 1 saturated heterocycles. The molecular formula is C11H22N2O2. The molecule has 0 aliphatic carbocycles. The molecule has 0 saturated carbocycles. The first-order valence-electron chi connectivity index (χ1n) is 5.65. The summed E-state index contributed by atoms with van der Waals surface area (Å²) in [6.45, 7) is 6.74. The first-order valence-corrected chi connectivity index (χ1v) is 5.65.